The number of pyridine rings is 2. The van der Waals surface area contributed by atoms with E-state index in [0.717, 1.165) is 11.1 Å². The Hall–Kier alpha value is -3.08. The average molecular weight is 736 g/mol. The molecule has 0 amide bonds. The zero-order chi connectivity index (χ0) is 31.9. The summed E-state index contributed by atoms with van der Waals surface area (Å²) in [5.41, 5.74) is 8.28. The van der Waals surface area contributed by atoms with E-state index in [-0.39, 0.29) is 11.8 Å². The van der Waals surface area contributed by atoms with Gasteiger partial charge >= 0.3 is 28.2 Å². The van der Waals surface area contributed by atoms with Gasteiger partial charge in [0.2, 0.25) is 0 Å². The summed E-state index contributed by atoms with van der Waals surface area (Å²) in [5, 5.41) is 1.29. The summed E-state index contributed by atoms with van der Waals surface area (Å²) in [5.74, 6) is 1.67. The van der Waals surface area contributed by atoms with Crippen molar-refractivity contribution in [3.63, 3.8) is 0 Å². The molecule has 0 atom stereocenters. The maximum absolute atomic E-state index is 8.51. The molecule has 8 heteroatoms. The van der Waals surface area contributed by atoms with E-state index in [4.69, 9.17) is 5.52 Å². The van der Waals surface area contributed by atoms with E-state index >= 15 is 0 Å². The molecule has 2 aliphatic heterocycles. The van der Waals surface area contributed by atoms with E-state index in [9.17, 15) is 0 Å². The van der Waals surface area contributed by atoms with Gasteiger partial charge in [-0.1, -0.05) is 45.4 Å². The molecule has 211 valence electrons. The molecule has 2 aromatic heterocycles. The second-order valence-corrected chi connectivity index (χ2v) is 10.4. The molecule has 0 unspecified atom stereocenters. The molecule has 40 heavy (non-hydrogen) atoms. The fourth-order valence-corrected chi connectivity index (χ4v) is 5.23. The zero-order valence-electron chi connectivity index (χ0n) is 27.0. The Morgan fingerprint density at radius 3 is 2.23 bits per heavy atom. The predicted molar refractivity (Wildman–Crippen MR) is 163 cm³/mol. The van der Waals surface area contributed by atoms with Gasteiger partial charge < -0.3 is 20.0 Å². The number of aryl methyl sites for hydroxylation is 1. The van der Waals surface area contributed by atoms with Gasteiger partial charge in [-0.15, -0.1) is 35.1 Å². The van der Waals surface area contributed by atoms with Crippen LogP contribution in [0.2, 0.25) is 1.41 Å². The minimum atomic E-state index is -2.39. The van der Waals surface area contributed by atoms with Crippen molar-refractivity contribution in [2.45, 2.75) is 46.5 Å². The Labute approximate surface area is 258 Å². The fraction of sp³-hybridized carbons (Fsp3) is 0.250. The molecule has 4 aromatic rings. The van der Waals surface area contributed by atoms with Crippen LogP contribution in [0.1, 0.15) is 60.3 Å². The van der Waals surface area contributed by atoms with E-state index in [1.165, 1.54) is 26.9 Å². The van der Waals surface area contributed by atoms with Crippen LogP contribution in [0.4, 0.5) is 34.4 Å². The first kappa shape index (κ1) is 23.6. The molecule has 0 spiro atoms. The third-order valence-corrected chi connectivity index (χ3v) is 7.03. The predicted octanol–water partition coefficient (Wildman–Crippen LogP) is 8.58. The minimum absolute atomic E-state index is 0.268. The van der Waals surface area contributed by atoms with Crippen molar-refractivity contribution >= 4 is 43.8 Å². The van der Waals surface area contributed by atoms with Crippen molar-refractivity contribution in [1.29, 1.82) is 0 Å². The van der Waals surface area contributed by atoms with E-state index < -0.39 is 6.98 Å². The molecule has 0 fully saturated rings. The van der Waals surface area contributed by atoms with Gasteiger partial charge in [0.25, 0.3) is 0 Å². The van der Waals surface area contributed by atoms with Crippen molar-refractivity contribution in [1.82, 2.24) is 9.97 Å². The molecule has 2 aliphatic rings. The summed E-state index contributed by atoms with van der Waals surface area (Å²) < 4.78 is 33.0. The topological polar surface area (TPSA) is 47.5 Å². The molecule has 0 bridgehead atoms. The van der Waals surface area contributed by atoms with Crippen LogP contribution in [0.3, 0.4) is 0 Å². The van der Waals surface area contributed by atoms with E-state index in [1.807, 2.05) is 17.0 Å². The summed E-state index contributed by atoms with van der Waals surface area (Å²) in [6.07, 6.45) is 3.37. The average Bonchev–Trinajstić information content (AvgIpc) is 3.56. The molecule has 6 rings (SSSR count). The Morgan fingerprint density at radius 2 is 1.57 bits per heavy atom. The van der Waals surface area contributed by atoms with Crippen LogP contribution in [-0.2, 0) is 18.8 Å². The molecule has 4 heterocycles. The summed E-state index contributed by atoms with van der Waals surface area (Å²) in [6, 6.07) is 19.3. The molecule has 0 aliphatic carbocycles. The fourth-order valence-electron chi connectivity index (χ4n) is 5.23. The Bertz CT molecular complexity index is 1640. The standard InChI is InChI=1S/C32H33N6.ClH.Pt/c1-20(2)26-13-22(5)14-27(21(3)4)30(26)23-15-24(37-18-35-28-9-7-11-33-31(28)37)17-25(16-23)38-19-36(6)29-10-8-12-34-32(29)38;;/h7-16,18-21,35H,1-6H3;1H;/q-3;;+1/p-1/i6D3;;/hD. The molecule has 0 saturated heterocycles. The van der Waals surface area contributed by atoms with Crippen LogP contribution in [0.25, 0.3) is 11.1 Å². The number of aromatic nitrogens is 2. The normalized spacial score (nSPS) is 15.8. The number of rotatable bonds is 5. The number of nitrogens with one attached hydrogen (secondary N) is 1. The SMILES string of the molecule is [2H]N1[CH-]N(c2[c-]c(N3[CH-]N(C([2H])([2H])[2H])c4cccnc43)cc(-c3c(C(C)C)cc(C)cc3C(C)C)c2)c2ncccc21.[Cl][Pt]. The van der Waals surface area contributed by atoms with Crippen molar-refractivity contribution in [2.75, 3.05) is 27.0 Å². The molecular formula is C32H33ClN6Pt-3. The number of benzene rings is 2. The van der Waals surface area contributed by atoms with Crippen LogP contribution in [-0.4, -0.2) is 16.9 Å². The van der Waals surface area contributed by atoms with Crippen molar-refractivity contribution in [3.05, 3.63) is 97.0 Å². The third-order valence-electron chi connectivity index (χ3n) is 7.03. The van der Waals surface area contributed by atoms with E-state index in [2.05, 4.69) is 84.3 Å². The third kappa shape index (κ3) is 5.20. The molecule has 0 radical (unpaired) electrons. The number of hydrogen-bond donors (Lipinski definition) is 1. The van der Waals surface area contributed by atoms with E-state index in [0.29, 0.717) is 34.4 Å². The van der Waals surface area contributed by atoms with Gasteiger partial charge in [-0.05, 0) is 66.7 Å². The Balaban J connectivity index is 0.00000188. The summed E-state index contributed by atoms with van der Waals surface area (Å²) in [4.78, 5) is 14.0. The van der Waals surface area contributed by atoms with E-state index in [1.54, 1.807) is 61.5 Å². The van der Waals surface area contributed by atoms with Crippen LogP contribution in [0.15, 0.2) is 60.9 Å². The first-order valence-electron chi connectivity index (χ1n) is 15.0. The zero-order valence-corrected chi connectivity index (χ0v) is 26.0. The van der Waals surface area contributed by atoms with Gasteiger partial charge in [-0.2, -0.15) is 13.3 Å². The summed E-state index contributed by atoms with van der Waals surface area (Å²) >= 11 is 1.61. The molecule has 1 N–H and O–H groups in total. The van der Waals surface area contributed by atoms with Crippen LogP contribution in [0, 0.1) is 26.3 Å². The Kier molecular flexibility index (Phi) is 6.96. The van der Waals surface area contributed by atoms with Crippen molar-refractivity contribution < 1.29 is 24.3 Å². The summed E-state index contributed by atoms with van der Waals surface area (Å²) in [6.45, 7) is 11.8. The Morgan fingerprint density at radius 1 is 0.950 bits per heavy atom. The molecule has 2 aromatic carbocycles. The maximum atomic E-state index is 8.51. The van der Waals surface area contributed by atoms with Gasteiger partial charge in [-0.3, -0.25) is 0 Å². The van der Waals surface area contributed by atoms with Crippen LogP contribution >= 0.6 is 9.42 Å². The monoisotopic (exact) mass is 735 g/mol. The molecule has 0 saturated carbocycles. The number of fused-ring (bicyclic) bond motifs is 2. The van der Waals surface area contributed by atoms with Gasteiger partial charge in [0, 0.05) is 27.9 Å². The van der Waals surface area contributed by atoms with Gasteiger partial charge in [0.05, 0.1) is 0 Å². The molecular weight excluding hydrogens is 699 g/mol. The second-order valence-electron chi connectivity index (χ2n) is 10.4. The van der Waals surface area contributed by atoms with Gasteiger partial charge in [0.1, 0.15) is 13.0 Å². The van der Waals surface area contributed by atoms with Crippen LogP contribution in [0.5, 0.6) is 0 Å². The van der Waals surface area contributed by atoms with Crippen LogP contribution < -0.4 is 20.0 Å². The number of anilines is 6. The van der Waals surface area contributed by atoms with Crippen molar-refractivity contribution in [3.8, 4) is 11.1 Å². The number of halogens is 1. The second kappa shape index (κ2) is 11.8. The van der Waals surface area contributed by atoms with Gasteiger partial charge in [0.15, 0.2) is 0 Å². The quantitative estimate of drug-likeness (QED) is 0.207. The molecule has 6 nitrogen and oxygen atoms in total. The first-order valence-corrected chi connectivity index (χ1v) is 15.9. The summed E-state index contributed by atoms with van der Waals surface area (Å²) in [7, 11) is 4.61. The number of hydrogen-bond acceptors (Lipinski definition) is 6. The van der Waals surface area contributed by atoms with Crippen molar-refractivity contribution in [2.24, 2.45) is 0 Å². The van der Waals surface area contributed by atoms with Gasteiger partial charge in [-0.25, -0.2) is 9.97 Å². The first-order chi connectivity index (χ1) is 20.9. The number of nitrogens with zero attached hydrogens (tertiary/aromatic N) is 5.